The molecule has 0 bridgehead atoms. The van der Waals surface area contributed by atoms with Gasteiger partial charge in [0.05, 0.1) is 19.2 Å². The fraction of sp³-hybridized carbons (Fsp3) is 0.588. The Morgan fingerprint density at radius 1 is 1.33 bits per heavy atom. The van der Waals surface area contributed by atoms with Crippen LogP contribution < -0.4 is 5.32 Å². The van der Waals surface area contributed by atoms with Crippen molar-refractivity contribution in [2.45, 2.75) is 38.6 Å². The van der Waals surface area contributed by atoms with Crippen LogP contribution in [0.4, 0.5) is 4.79 Å². The van der Waals surface area contributed by atoms with Crippen molar-refractivity contribution in [1.29, 1.82) is 0 Å². The minimum atomic E-state index is -0.159. The van der Waals surface area contributed by atoms with Crippen LogP contribution >= 0.6 is 0 Å². The van der Waals surface area contributed by atoms with Crippen LogP contribution in [0.25, 0.3) is 0 Å². The van der Waals surface area contributed by atoms with Gasteiger partial charge in [-0.1, -0.05) is 37.3 Å². The first-order valence-corrected chi connectivity index (χ1v) is 8.00. The molecule has 1 aromatic rings. The zero-order chi connectivity index (χ0) is 15.1. The van der Waals surface area contributed by atoms with Crippen LogP contribution in [-0.4, -0.2) is 43.3 Å². The minimum absolute atomic E-state index is 0.159. The molecule has 0 saturated carbocycles. The molecule has 2 N–H and O–H groups in total. The molecule has 2 rings (SSSR count). The van der Waals surface area contributed by atoms with E-state index >= 15 is 0 Å². The molecule has 1 fully saturated rings. The maximum atomic E-state index is 11.6. The first-order chi connectivity index (χ1) is 10.2. The number of hydrogen-bond acceptors (Lipinski definition) is 2. The second-order valence-corrected chi connectivity index (χ2v) is 5.81. The lowest BCUT2D eigenvalue weighted by Gasteiger charge is -2.30. The number of rotatable bonds is 5. The van der Waals surface area contributed by atoms with E-state index in [1.165, 1.54) is 5.56 Å². The number of carbonyl (C=O) groups is 1. The molecule has 4 heteroatoms. The Morgan fingerprint density at radius 2 is 2.00 bits per heavy atom. The Bertz CT molecular complexity index is 428. The fourth-order valence-electron chi connectivity index (χ4n) is 2.85. The predicted octanol–water partition coefficient (Wildman–Crippen LogP) is 1.97. The van der Waals surface area contributed by atoms with Crippen LogP contribution in [0.15, 0.2) is 30.3 Å². The number of ether oxygens (including phenoxy) is 1. The maximum absolute atomic E-state index is 11.6. The molecule has 1 atom stereocenters. The van der Waals surface area contributed by atoms with Gasteiger partial charge in [-0.15, -0.1) is 0 Å². The van der Waals surface area contributed by atoms with Crippen molar-refractivity contribution in [3.8, 4) is 0 Å². The Hall–Kier alpha value is -1.55. The van der Waals surface area contributed by atoms with Gasteiger partial charge in [0.15, 0.2) is 0 Å². The van der Waals surface area contributed by atoms with Crippen molar-refractivity contribution in [3.63, 3.8) is 0 Å². The number of quaternary nitrogens is 1. The standard InChI is InChI=1S/C17H26N2O2/c1-3-21-17(20)19-11-9-16(10-12-19)18-13-14(2)15-7-5-4-6-8-15/h4-8,14,16,18H,3,9-13H2,1-2H3/p+1/t14-/m1/s1. The highest BCUT2D eigenvalue weighted by molar-refractivity contribution is 5.67. The lowest BCUT2D eigenvalue weighted by molar-refractivity contribution is -0.693. The first-order valence-electron chi connectivity index (χ1n) is 8.00. The SMILES string of the molecule is CCOC(=O)N1CCC([NH2+]C[C@@H](C)c2ccccc2)CC1. The van der Waals surface area contributed by atoms with Crippen molar-refractivity contribution >= 4 is 6.09 Å². The Kier molecular flexibility index (Phi) is 6.05. The summed E-state index contributed by atoms with van der Waals surface area (Å²) in [4.78, 5) is 13.5. The molecule has 0 aromatic heterocycles. The Balaban J connectivity index is 1.70. The molecular weight excluding hydrogens is 264 g/mol. The van der Waals surface area contributed by atoms with Crippen molar-refractivity contribution in [3.05, 3.63) is 35.9 Å². The van der Waals surface area contributed by atoms with Crippen molar-refractivity contribution in [1.82, 2.24) is 4.90 Å². The lowest BCUT2D eigenvalue weighted by atomic mass is 9.99. The van der Waals surface area contributed by atoms with Gasteiger partial charge in [-0.05, 0) is 12.5 Å². The average Bonchev–Trinajstić information content (AvgIpc) is 2.54. The fourth-order valence-corrected chi connectivity index (χ4v) is 2.85. The molecule has 1 aliphatic heterocycles. The smallest absolute Gasteiger partial charge is 0.409 e. The van der Waals surface area contributed by atoms with Crippen LogP contribution in [0.3, 0.4) is 0 Å². The van der Waals surface area contributed by atoms with Crippen LogP contribution in [0.2, 0.25) is 0 Å². The third kappa shape index (κ3) is 4.74. The molecular formula is C17H27N2O2+. The van der Waals surface area contributed by atoms with Gasteiger partial charge in [-0.25, -0.2) is 4.79 Å². The predicted molar refractivity (Wildman–Crippen MR) is 83.3 cm³/mol. The molecule has 0 spiro atoms. The van der Waals surface area contributed by atoms with E-state index < -0.39 is 0 Å². The van der Waals surface area contributed by atoms with Gasteiger partial charge in [0.25, 0.3) is 0 Å². The monoisotopic (exact) mass is 291 g/mol. The van der Waals surface area contributed by atoms with E-state index in [2.05, 4.69) is 42.6 Å². The summed E-state index contributed by atoms with van der Waals surface area (Å²) in [6, 6.07) is 11.3. The highest BCUT2D eigenvalue weighted by atomic mass is 16.6. The normalized spacial score (nSPS) is 17.5. The highest BCUT2D eigenvalue weighted by Crippen LogP contribution is 2.13. The summed E-state index contributed by atoms with van der Waals surface area (Å²) in [7, 11) is 0. The molecule has 1 heterocycles. The van der Waals surface area contributed by atoms with Gasteiger partial charge in [0, 0.05) is 31.8 Å². The van der Waals surface area contributed by atoms with E-state index in [1.54, 1.807) is 0 Å². The summed E-state index contributed by atoms with van der Waals surface area (Å²) < 4.78 is 5.05. The van der Waals surface area contributed by atoms with E-state index in [9.17, 15) is 4.79 Å². The summed E-state index contributed by atoms with van der Waals surface area (Å²) in [5.74, 6) is 0.564. The van der Waals surface area contributed by atoms with E-state index in [1.807, 2.05) is 11.8 Å². The number of piperidine rings is 1. The van der Waals surface area contributed by atoms with Gasteiger partial charge in [-0.2, -0.15) is 0 Å². The van der Waals surface area contributed by atoms with Crippen molar-refractivity contribution in [2.24, 2.45) is 0 Å². The molecule has 116 valence electrons. The minimum Gasteiger partial charge on any atom is -0.450 e. The molecule has 0 radical (unpaired) electrons. The first kappa shape index (κ1) is 15.8. The van der Waals surface area contributed by atoms with E-state index in [0.29, 0.717) is 18.6 Å². The van der Waals surface area contributed by atoms with E-state index in [0.717, 1.165) is 32.5 Å². The molecule has 21 heavy (non-hydrogen) atoms. The molecule has 1 aromatic carbocycles. The third-order valence-corrected chi connectivity index (χ3v) is 4.26. The summed E-state index contributed by atoms with van der Waals surface area (Å²) in [6.45, 7) is 7.33. The van der Waals surface area contributed by atoms with Gasteiger partial charge in [-0.3, -0.25) is 0 Å². The molecule has 4 nitrogen and oxygen atoms in total. The van der Waals surface area contributed by atoms with Gasteiger partial charge >= 0.3 is 6.09 Å². The topological polar surface area (TPSA) is 46.1 Å². The Labute approximate surface area is 127 Å². The average molecular weight is 291 g/mol. The number of amides is 1. The van der Waals surface area contributed by atoms with Crippen molar-refractivity contribution in [2.75, 3.05) is 26.2 Å². The summed E-state index contributed by atoms with van der Waals surface area (Å²) in [6.07, 6.45) is 1.95. The van der Waals surface area contributed by atoms with Gasteiger partial charge in [0.2, 0.25) is 0 Å². The summed E-state index contributed by atoms with van der Waals surface area (Å²) in [5, 5.41) is 2.44. The molecule has 1 aliphatic rings. The molecule has 0 aliphatic carbocycles. The lowest BCUT2D eigenvalue weighted by Crippen LogP contribution is -2.91. The molecule has 1 saturated heterocycles. The number of nitrogens with two attached hydrogens (primary N) is 1. The number of likely N-dealkylation sites (tertiary alicyclic amines) is 1. The van der Waals surface area contributed by atoms with Crippen LogP contribution in [0.1, 0.15) is 38.2 Å². The van der Waals surface area contributed by atoms with E-state index in [-0.39, 0.29) is 6.09 Å². The van der Waals surface area contributed by atoms with E-state index in [4.69, 9.17) is 4.74 Å². The summed E-state index contributed by atoms with van der Waals surface area (Å²) >= 11 is 0. The van der Waals surface area contributed by atoms with Gasteiger partial charge < -0.3 is 15.0 Å². The highest BCUT2D eigenvalue weighted by Gasteiger charge is 2.25. The van der Waals surface area contributed by atoms with Crippen LogP contribution in [-0.2, 0) is 4.74 Å². The zero-order valence-electron chi connectivity index (χ0n) is 13.1. The third-order valence-electron chi connectivity index (χ3n) is 4.26. The number of benzene rings is 1. The Morgan fingerprint density at radius 3 is 2.62 bits per heavy atom. The molecule has 0 unspecified atom stereocenters. The molecule has 1 amide bonds. The van der Waals surface area contributed by atoms with Crippen LogP contribution in [0, 0.1) is 0 Å². The largest absolute Gasteiger partial charge is 0.450 e. The number of carbonyl (C=O) groups excluding carboxylic acids is 1. The summed E-state index contributed by atoms with van der Waals surface area (Å²) in [5.41, 5.74) is 1.40. The second kappa shape index (κ2) is 8.03. The van der Waals surface area contributed by atoms with Crippen molar-refractivity contribution < 1.29 is 14.8 Å². The number of nitrogens with zero attached hydrogens (tertiary/aromatic N) is 1. The maximum Gasteiger partial charge on any atom is 0.409 e. The quantitative estimate of drug-likeness (QED) is 0.901. The zero-order valence-corrected chi connectivity index (χ0v) is 13.1. The van der Waals surface area contributed by atoms with Crippen LogP contribution in [0.5, 0.6) is 0 Å². The van der Waals surface area contributed by atoms with Gasteiger partial charge in [0.1, 0.15) is 0 Å². The second-order valence-electron chi connectivity index (χ2n) is 5.81. The number of hydrogen-bond donors (Lipinski definition) is 1.